The Kier molecular flexibility index (Phi) is 14.3. The number of carboxylic acid groups (broad SMARTS) is 1. The molecule has 2 aliphatic rings. The van der Waals surface area contributed by atoms with E-state index >= 15 is 0 Å². The molecule has 19 heteroatoms. The van der Waals surface area contributed by atoms with Gasteiger partial charge in [-0.3, -0.25) is 9.97 Å². The summed E-state index contributed by atoms with van der Waals surface area (Å²) < 4.78 is 11.1. The van der Waals surface area contributed by atoms with E-state index in [9.17, 15) is 15.2 Å². The standard InChI is InChI=1S/C29H24N8O.C29H25N7O3/c1-19-27(22-6-4-5-20(14-30)29(22)36-28(19)24-7-2-3-8-33-24)35-25-13-26(37-9-11-38-12-10-37)34-17-23(25)21-15-31-18-32-16-21;1-18-26(20-5-4-6-21(29(37)38)28(20)35-27(18)23-7-2-3-8-32-23)34-24-13-25(36-9-11-39-12-10-36)33-16-22(24)19-14-30-17-31-15-19/h2-8,13,15-18H,9-12H2,1H3,(H,34,35,36);2-8,13-17H,9-12H2,1H3,(H,37,38)(H,33,34,35). The lowest BCUT2D eigenvalue weighted by Crippen LogP contribution is -2.36. The van der Waals surface area contributed by atoms with E-state index in [1.807, 2.05) is 93.0 Å². The molecule has 3 N–H and O–H groups in total. The van der Waals surface area contributed by atoms with Gasteiger partial charge in [0.1, 0.15) is 30.4 Å². The summed E-state index contributed by atoms with van der Waals surface area (Å²) in [6.45, 7) is 9.60. The van der Waals surface area contributed by atoms with Crippen LogP contribution in [0.25, 0.3) is 66.8 Å². The Hall–Kier alpha value is -9.90. The number of carboxylic acids is 1. The molecular formula is C58H49N15O4. The molecule has 77 heavy (non-hydrogen) atoms. The summed E-state index contributed by atoms with van der Waals surface area (Å²) in [6.07, 6.45) is 17.1. The largest absolute Gasteiger partial charge is 0.478 e. The number of nitrogens with zero attached hydrogens (tertiary/aromatic N) is 13. The minimum absolute atomic E-state index is 0.119. The zero-order chi connectivity index (χ0) is 52.7. The lowest BCUT2D eigenvalue weighted by molar-refractivity contribution is 0.0698. The summed E-state index contributed by atoms with van der Waals surface area (Å²) in [6, 6.07) is 28.5. The van der Waals surface area contributed by atoms with E-state index in [4.69, 9.17) is 29.4 Å². The maximum Gasteiger partial charge on any atom is 0.337 e. The van der Waals surface area contributed by atoms with Gasteiger partial charge < -0.3 is 35.0 Å². The van der Waals surface area contributed by atoms with Gasteiger partial charge in [-0.1, -0.05) is 36.4 Å². The second kappa shape index (κ2) is 22.3. The van der Waals surface area contributed by atoms with Crippen molar-refractivity contribution < 1.29 is 19.4 Å². The second-order valence-electron chi connectivity index (χ2n) is 18.1. The molecule has 0 atom stereocenters. The Morgan fingerprint density at radius 2 is 1.05 bits per heavy atom. The van der Waals surface area contributed by atoms with E-state index in [0.717, 1.165) is 111 Å². The second-order valence-corrected chi connectivity index (χ2v) is 18.1. The van der Waals surface area contributed by atoms with Crippen LogP contribution >= 0.6 is 0 Å². The van der Waals surface area contributed by atoms with Crippen molar-refractivity contribution in [3.63, 3.8) is 0 Å². The number of anilines is 6. The van der Waals surface area contributed by atoms with E-state index < -0.39 is 5.97 Å². The monoisotopic (exact) mass is 1020 g/mol. The molecule has 2 aliphatic heterocycles. The number of morpholine rings is 2. The van der Waals surface area contributed by atoms with Crippen LogP contribution in [-0.4, -0.2) is 114 Å². The highest BCUT2D eigenvalue weighted by molar-refractivity contribution is 6.08. The van der Waals surface area contributed by atoms with Crippen molar-refractivity contribution in [2.45, 2.75) is 13.8 Å². The van der Waals surface area contributed by atoms with Crippen LogP contribution in [0, 0.1) is 25.2 Å². The Morgan fingerprint density at radius 1 is 0.584 bits per heavy atom. The molecule has 380 valence electrons. The highest BCUT2D eigenvalue weighted by Gasteiger charge is 2.24. The van der Waals surface area contributed by atoms with Crippen LogP contribution in [-0.2, 0) is 9.47 Å². The summed E-state index contributed by atoms with van der Waals surface area (Å²) in [5, 5.41) is 28.7. The number of aromatic carboxylic acids is 1. The number of pyridine rings is 6. The molecule has 0 amide bonds. The molecule has 2 fully saturated rings. The minimum Gasteiger partial charge on any atom is -0.478 e. The maximum atomic E-state index is 12.2. The van der Waals surface area contributed by atoms with Crippen LogP contribution in [0.4, 0.5) is 34.4 Å². The number of nitriles is 1. The van der Waals surface area contributed by atoms with Gasteiger partial charge in [0, 0.05) is 132 Å². The molecule has 10 heterocycles. The number of fused-ring (bicyclic) bond motifs is 2. The molecular weight excluding hydrogens is 971 g/mol. The molecule has 0 spiro atoms. The van der Waals surface area contributed by atoms with Gasteiger partial charge in [-0.2, -0.15) is 5.26 Å². The van der Waals surface area contributed by atoms with Crippen molar-refractivity contribution in [1.29, 1.82) is 5.26 Å². The Bertz CT molecular complexity index is 3800. The third-order valence-corrected chi connectivity index (χ3v) is 13.4. The van der Waals surface area contributed by atoms with E-state index in [0.29, 0.717) is 59.8 Å². The Balaban J connectivity index is 0.000000164. The van der Waals surface area contributed by atoms with Crippen LogP contribution in [0.3, 0.4) is 0 Å². The van der Waals surface area contributed by atoms with Crippen LogP contribution in [0.15, 0.2) is 147 Å². The smallest absolute Gasteiger partial charge is 0.337 e. The number of para-hydroxylation sites is 2. The molecule has 0 radical (unpaired) electrons. The fourth-order valence-electron chi connectivity index (χ4n) is 9.48. The van der Waals surface area contributed by atoms with Crippen molar-refractivity contribution in [1.82, 2.24) is 49.8 Å². The van der Waals surface area contributed by atoms with Gasteiger partial charge in [-0.05, 0) is 50.2 Å². The highest BCUT2D eigenvalue weighted by atomic mass is 16.5. The molecule has 0 aliphatic carbocycles. The average molecular weight is 1020 g/mol. The molecule has 0 bridgehead atoms. The molecule has 2 aromatic carbocycles. The summed E-state index contributed by atoms with van der Waals surface area (Å²) in [7, 11) is 0. The fourth-order valence-corrected chi connectivity index (χ4v) is 9.48. The summed E-state index contributed by atoms with van der Waals surface area (Å²) in [5.41, 5.74) is 12.6. The van der Waals surface area contributed by atoms with E-state index in [-0.39, 0.29) is 5.56 Å². The molecule has 0 saturated carbocycles. The highest BCUT2D eigenvalue weighted by Crippen LogP contribution is 2.41. The SMILES string of the molecule is Cc1c(-c2ccccn2)nc2c(C#N)cccc2c1Nc1cc(N2CCOCC2)ncc1-c1cncnc1.Cc1c(-c2ccccn2)nc2c(C(=O)O)cccc2c1Nc1cc(N2CCOCC2)ncc1-c1cncnc1. The van der Waals surface area contributed by atoms with Crippen molar-refractivity contribution in [2.75, 3.05) is 73.0 Å². The van der Waals surface area contributed by atoms with Crippen molar-refractivity contribution in [3.05, 3.63) is 169 Å². The Labute approximate surface area is 442 Å². The van der Waals surface area contributed by atoms with Gasteiger partial charge in [0.2, 0.25) is 0 Å². The zero-order valence-electron chi connectivity index (χ0n) is 42.0. The van der Waals surface area contributed by atoms with Crippen molar-refractivity contribution in [3.8, 4) is 51.1 Å². The third-order valence-electron chi connectivity index (χ3n) is 13.4. The van der Waals surface area contributed by atoms with Crippen LogP contribution in [0.2, 0.25) is 0 Å². The first-order valence-corrected chi connectivity index (χ1v) is 24.9. The first-order chi connectivity index (χ1) is 37.8. The van der Waals surface area contributed by atoms with Gasteiger partial charge >= 0.3 is 5.97 Å². The van der Waals surface area contributed by atoms with Crippen molar-refractivity contribution >= 4 is 62.2 Å². The molecule has 8 aromatic heterocycles. The first-order valence-electron chi connectivity index (χ1n) is 24.9. The molecule has 19 nitrogen and oxygen atoms in total. The molecule has 12 rings (SSSR count). The molecule has 2 saturated heterocycles. The van der Waals surface area contributed by atoms with E-state index in [1.165, 1.54) is 12.7 Å². The maximum absolute atomic E-state index is 12.2. The summed E-state index contributed by atoms with van der Waals surface area (Å²) in [5.74, 6) is 0.624. The minimum atomic E-state index is -1.05. The third kappa shape index (κ3) is 10.3. The number of nitrogens with one attached hydrogen (secondary N) is 2. The van der Waals surface area contributed by atoms with Gasteiger partial charge in [-0.15, -0.1) is 0 Å². The van der Waals surface area contributed by atoms with E-state index in [2.05, 4.69) is 56.4 Å². The number of carbonyl (C=O) groups is 1. The van der Waals surface area contributed by atoms with Crippen molar-refractivity contribution in [2.24, 2.45) is 0 Å². The predicted molar refractivity (Wildman–Crippen MR) is 294 cm³/mol. The predicted octanol–water partition coefficient (Wildman–Crippen LogP) is 9.64. The van der Waals surface area contributed by atoms with Gasteiger partial charge in [0.05, 0.1) is 94.1 Å². The summed E-state index contributed by atoms with van der Waals surface area (Å²) in [4.78, 5) is 61.6. The molecule has 0 unspecified atom stereocenters. The molecule has 10 aromatic rings. The topological polar surface area (TPSA) is 239 Å². The lowest BCUT2D eigenvalue weighted by atomic mass is 10.0. The zero-order valence-corrected chi connectivity index (χ0v) is 42.0. The number of rotatable bonds is 11. The fraction of sp³-hybridized carbons (Fsp3) is 0.172. The normalized spacial score (nSPS) is 13.4. The number of hydrogen-bond acceptors (Lipinski definition) is 18. The van der Waals surface area contributed by atoms with Crippen LogP contribution < -0.4 is 20.4 Å². The number of benzene rings is 2. The summed E-state index contributed by atoms with van der Waals surface area (Å²) >= 11 is 0. The van der Waals surface area contributed by atoms with Crippen LogP contribution in [0.5, 0.6) is 0 Å². The Morgan fingerprint density at radius 3 is 1.51 bits per heavy atom. The van der Waals surface area contributed by atoms with Crippen LogP contribution in [0.1, 0.15) is 27.0 Å². The number of hydrogen-bond donors (Lipinski definition) is 3. The van der Waals surface area contributed by atoms with E-state index in [1.54, 1.807) is 55.4 Å². The first kappa shape index (κ1) is 49.3. The van der Waals surface area contributed by atoms with Gasteiger partial charge in [-0.25, -0.2) is 44.7 Å². The lowest BCUT2D eigenvalue weighted by Gasteiger charge is -2.28. The average Bonchev–Trinajstić information content (AvgIpc) is 3.51. The quantitative estimate of drug-likeness (QED) is 0.109. The van der Waals surface area contributed by atoms with Gasteiger partial charge in [0.15, 0.2) is 0 Å². The van der Waals surface area contributed by atoms with Gasteiger partial charge in [0.25, 0.3) is 0 Å². The number of aromatic nitrogens is 10. The number of ether oxygens (including phenoxy) is 2.